The maximum atomic E-state index is 12.5. The second-order valence-electron chi connectivity index (χ2n) is 7.22. The molecule has 1 amide bonds. The van der Waals surface area contributed by atoms with Gasteiger partial charge in [0.1, 0.15) is 6.10 Å². The van der Waals surface area contributed by atoms with Crippen LogP contribution >= 0.6 is 0 Å². The minimum atomic E-state index is -0.551. The van der Waals surface area contributed by atoms with Crippen molar-refractivity contribution in [3.63, 3.8) is 0 Å². The number of fused-ring (bicyclic) bond motifs is 2. The zero-order valence-electron chi connectivity index (χ0n) is 14.7. The molecule has 138 valence electrons. The number of rotatable bonds is 3. The first-order valence-corrected chi connectivity index (χ1v) is 9.24. The molecule has 0 saturated heterocycles. The Kier molecular flexibility index (Phi) is 3.60. The van der Waals surface area contributed by atoms with E-state index in [2.05, 4.69) is 5.32 Å². The van der Waals surface area contributed by atoms with E-state index in [4.69, 9.17) is 14.2 Å². The lowest BCUT2D eigenvalue weighted by atomic mass is 10.0. The predicted molar refractivity (Wildman–Crippen MR) is 96.7 cm³/mol. The number of benzene rings is 2. The molecule has 3 aliphatic rings. The van der Waals surface area contributed by atoms with Gasteiger partial charge >= 0.3 is 5.97 Å². The number of cyclic esters (lactones) is 1. The van der Waals surface area contributed by atoms with Crippen molar-refractivity contribution < 1.29 is 23.8 Å². The second-order valence-corrected chi connectivity index (χ2v) is 7.22. The summed E-state index contributed by atoms with van der Waals surface area (Å²) in [5.74, 6) is 0.250. The lowest BCUT2D eigenvalue weighted by Crippen LogP contribution is -2.34. The summed E-state index contributed by atoms with van der Waals surface area (Å²) >= 11 is 0. The molecule has 1 spiro atoms. The Balaban J connectivity index is 1.27. The van der Waals surface area contributed by atoms with Crippen molar-refractivity contribution in [2.75, 3.05) is 5.32 Å². The number of nitrogens with one attached hydrogen (secondary N) is 1. The Hall–Kier alpha value is -3.02. The van der Waals surface area contributed by atoms with E-state index < -0.39 is 11.9 Å². The van der Waals surface area contributed by atoms with Gasteiger partial charge < -0.3 is 19.5 Å². The molecule has 1 fully saturated rings. The smallest absolute Gasteiger partial charge is 0.339 e. The van der Waals surface area contributed by atoms with Crippen molar-refractivity contribution in [3.05, 3.63) is 53.6 Å². The minimum absolute atomic E-state index is 0.0706. The molecule has 6 nitrogen and oxygen atoms in total. The van der Waals surface area contributed by atoms with E-state index in [1.54, 1.807) is 24.3 Å². The highest BCUT2D eigenvalue weighted by Crippen LogP contribution is 2.47. The van der Waals surface area contributed by atoms with E-state index in [-0.39, 0.29) is 18.3 Å². The summed E-state index contributed by atoms with van der Waals surface area (Å²) in [5.41, 5.74) is 1.92. The highest BCUT2D eigenvalue weighted by molar-refractivity contribution is 5.96. The largest absolute Gasteiger partial charge is 0.453 e. The molecule has 0 radical (unpaired) electrons. The van der Waals surface area contributed by atoms with Gasteiger partial charge in [-0.2, -0.15) is 0 Å². The fraction of sp³-hybridized carbons (Fsp3) is 0.333. The van der Waals surface area contributed by atoms with Crippen molar-refractivity contribution in [2.45, 2.75) is 44.0 Å². The van der Waals surface area contributed by atoms with Crippen LogP contribution in [0.5, 0.6) is 11.5 Å². The third-order valence-electron chi connectivity index (χ3n) is 5.33. The van der Waals surface area contributed by atoms with Gasteiger partial charge in [0, 0.05) is 30.2 Å². The lowest BCUT2D eigenvalue weighted by Gasteiger charge is -2.21. The van der Waals surface area contributed by atoms with Gasteiger partial charge in [0.05, 0.1) is 12.0 Å². The first-order chi connectivity index (χ1) is 13.1. The summed E-state index contributed by atoms with van der Waals surface area (Å²) in [6.07, 6.45) is 3.48. The molecule has 2 aromatic carbocycles. The number of hydrogen-bond acceptors (Lipinski definition) is 5. The predicted octanol–water partition coefficient (Wildman–Crippen LogP) is 3.97. The maximum absolute atomic E-state index is 12.5. The fourth-order valence-electron chi connectivity index (χ4n) is 4.04. The summed E-state index contributed by atoms with van der Waals surface area (Å²) in [6, 6.07) is 12.6. The summed E-state index contributed by atoms with van der Waals surface area (Å²) < 4.78 is 17.3. The van der Waals surface area contributed by atoms with E-state index in [1.165, 1.54) is 0 Å². The van der Waals surface area contributed by atoms with Gasteiger partial charge in [0.2, 0.25) is 5.91 Å². The molecule has 6 heteroatoms. The number of anilines is 1. The molecule has 2 heterocycles. The van der Waals surface area contributed by atoms with Crippen molar-refractivity contribution in [1.29, 1.82) is 0 Å². The lowest BCUT2D eigenvalue weighted by molar-refractivity contribution is -0.118. The standard InChI is InChI=1S/C21H19NO5/c23-19(12-17-14-5-1-2-6-15(14)20(24)25-17)22-13-7-8-16-18(11-13)27-21(26-16)9-3-4-10-21/h1-2,5-8,11,17H,3-4,9-10,12H2,(H,22,23). The second kappa shape index (κ2) is 6.01. The number of carbonyl (C=O) groups is 2. The quantitative estimate of drug-likeness (QED) is 0.833. The molecule has 0 aromatic heterocycles. The number of hydrogen-bond donors (Lipinski definition) is 1. The SMILES string of the molecule is O=C(CC1OC(=O)c2ccccc21)Nc1ccc2c(c1)OC1(CCCC1)O2. The van der Waals surface area contributed by atoms with Gasteiger partial charge in [-0.25, -0.2) is 4.79 Å². The molecule has 2 aliphatic heterocycles. The van der Waals surface area contributed by atoms with Crippen molar-refractivity contribution in [3.8, 4) is 11.5 Å². The zero-order valence-corrected chi connectivity index (χ0v) is 14.7. The monoisotopic (exact) mass is 365 g/mol. The Morgan fingerprint density at radius 2 is 1.85 bits per heavy atom. The molecular formula is C21H19NO5. The van der Waals surface area contributed by atoms with Crippen LogP contribution in [0, 0.1) is 0 Å². The fourth-order valence-corrected chi connectivity index (χ4v) is 4.04. The summed E-state index contributed by atoms with van der Waals surface area (Å²) in [6.45, 7) is 0. The Labute approximate surface area is 156 Å². The van der Waals surface area contributed by atoms with Crippen LogP contribution in [0.25, 0.3) is 0 Å². The minimum Gasteiger partial charge on any atom is -0.453 e. The topological polar surface area (TPSA) is 73.9 Å². The molecule has 27 heavy (non-hydrogen) atoms. The number of esters is 1. The summed E-state index contributed by atoms with van der Waals surface area (Å²) in [7, 11) is 0. The molecule has 1 unspecified atom stereocenters. The van der Waals surface area contributed by atoms with E-state index in [0.717, 1.165) is 31.2 Å². The zero-order chi connectivity index (χ0) is 18.4. The first-order valence-electron chi connectivity index (χ1n) is 9.24. The van der Waals surface area contributed by atoms with Crippen molar-refractivity contribution in [2.24, 2.45) is 0 Å². The van der Waals surface area contributed by atoms with E-state index in [0.29, 0.717) is 22.7 Å². The van der Waals surface area contributed by atoms with Gasteiger partial charge in [-0.15, -0.1) is 0 Å². The van der Waals surface area contributed by atoms with Gasteiger partial charge in [-0.3, -0.25) is 4.79 Å². The molecular weight excluding hydrogens is 346 g/mol. The van der Waals surface area contributed by atoms with Crippen molar-refractivity contribution in [1.82, 2.24) is 0 Å². The van der Waals surface area contributed by atoms with Gasteiger partial charge in [0.25, 0.3) is 5.79 Å². The van der Waals surface area contributed by atoms with Crippen LogP contribution in [0.3, 0.4) is 0 Å². The average Bonchev–Trinajstić information content (AvgIpc) is 3.34. The Morgan fingerprint density at radius 1 is 1.07 bits per heavy atom. The van der Waals surface area contributed by atoms with Crippen molar-refractivity contribution >= 4 is 17.6 Å². The third kappa shape index (κ3) is 2.81. The van der Waals surface area contributed by atoms with Crippen LogP contribution in [0.2, 0.25) is 0 Å². The van der Waals surface area contributed by atoms with Crippen LogP contribution in [0.4, 0.5) is 5.69 Å². The Morgan fingerprint density at radius 3 is 2.70 bits per heavy atom. The number of carbonyl (C=O) groups excluding carboxylic acids is 2. The average molecular weight is 365 g/mol. The highest BCUT2D eigenvalue weighted by Gasteiger charge is 2.44. The molecule has 1 saturated carbocycles. The third-order valence-corrected chi connectivity index (χ3v) is 5.33. The molecule has 1 atom stereocenters. The molecule has 1 aliphatic carbocycles. The van der Waals surface area contributed by atoms with Gasteiger partial charge in [-0.05, 0) is 31.0 Å². The van der Waals surface area contributed by atoms with E-state index in [1.807, 2.05) is 18.2 Å². The first kappa shape index (κ1) is 16.2. The maximum Gasteiger partial charge on any atom is 0.339 e. The molecule has 2 aromatic rings. The Bertz CT molecular complexity index is 932. The van der Waals surface area contributed by atoms with Crippen LogP contribution < -0.4 is 14.8 Å². The normalized spacial score (nSPS) is 21.2. The number of amides is 1. The summed E-state index contributed by atoms with van der Waals surface area (Å²) in [5, 5.41) is 2.86. The van der Waals surface area contributed by atoms with Gasteiger partial charge in [0.15, 0.2) is 11.5 Å². The van der Waals surface area contributed by atoms with Crippen LogP contribution in [0.15, 0.2) is 42.5 Å². The summed E-state index contributed by atoms with van der Waals surface area (Å²) in [4.78, 5) is 24.3. The van der Waals surface area contributed by atoms with E-state index >= 15 is 0 Å². The van der Waals surface area contributed by atoms with Crippen LogP contribution in [0.1, 0.15) is 54.1 Å². The van der Waals surface area contributed by atoms with E-state index in [9.17, 15) is 9.59 Å². The molecule has 5 rings (SSSR count). The number of ether oxygens (including phenoxy) is 3. The van der Waals surface area contributed by atoms with Gasteiger partial charge in [-0.1, -0.05) is 18.2 Å². The van der Waals surface area contributed by atoms with Crippen LogP contribution in [-0.2, 0) is 9.53 Å². The molecule has 0 bridgehead atoms. The van der Waals surface area contributed by atoms with Crippen LogP contribution in [-0.4, -0.2) is 17.7 Å². The highest BCUT2D eigenvalue weighted by atomic mass is 16.7. The molecule has 1 N–H and O–H groups in total.